The summed E-state index contributed by atoms with van der Waals surface area (Å²) in [7, 11) is 0. The lowest BCUT2D eigenvalue weighted by Crippen LogP contribution is -2.67. The van der Waals surface area contributed by atoms with E-state index in [0.717, 1.165) is 23.1 Å². The second kappa shape index (κ2) is 7.04. The van der Waals surface area contributed by atoms with Crippen LogP contribution >= 0.6 is 0 Å². The maximum absolute atomic E-state index is 13.2. The van der Waals surface area contributed by atoms with Gasteiger partial charge in [-0.15, -0.1) is 0 Å². The molecule has 1 saturated carbocycles. The molecule has 1 aliphatic heterocycles. The van der Waals surface area contributed by atoms with Gasteiger partial charge in [-0.3, -0.25) is 4.79 Å². The van der Waals surface area contributed by atoms with Crippen molar-refractivity contribution >= 4 is 5.91 Å². The van der Waals surface area contributed by atoms with Gasteiger partial charge in [0.1, 0.15) is 6.04 Å². The Kier molecular flexibility index (Phi) is 4.72. The monoisotopic (exact) mass is 371 g/mol. The van der Waals surface area contributed by atoms with Crippen molar-refractivity contribution in [3.8, 4) is 11.1 Å². The van der Waals surface area contributed by atoms with Crippen LogP contribution in [0, 0.1) is 5.92 Å². The third-order valence-corrected chi connectivity index (χ3v) is 5.89. The lowest BCUT2D eigenvalue weighted by Gasteiger charge is -2.37. The van der Waals surface area contributed by atoms with Crippen LogP contribution in [0.25, 0.3) is 11.1 Å². The first-order valence-electron chi connectivity index (χ1n) is 9.59. The molecule has 4 rings (SSSR count). The minimum absolute atomic E-state index is 0.0160. The van der Waals surface area contributed by atoms with E-state index in [1.807, 2.05) is 29.2 Å². The van der Waals surface area contributed by atoms with Crippen molar-refractivity contribution in [3.05, 3.63) is 60.2 Å². The van der Waals surface area contributed by atoms with Crippen molar-refractivity contribution in [2.75, 3.05) is 6.54 Å². The van der Waals surface area contributed by atoms with E-state index in [9.17, 15) is 13.6 Å². The summed E-state index contributed by atoms with van der Waals surface area (Å²) < 4.78 is 26.4. The number of likely N-dealkylation sites (tertiary alicyclic amines) is 1. The van der Waals surface area contributed by atoms with E-state index < -0.39 is 11.8 Å². The summed E-state index contributed by atoms with van der Waals surface area (Å²) >= 11 is 0. The number of amides is 1. The van der Waals surface area contributed by atoms with Crippen molar-refractivity contribution in [2.45, 2.75) is 43.7 Å². The van der Waals surface area contributed by atoms with Gasteiger partial charge in [-0.1, -0.05) is 54.6 Å². The summed E-state index contributed by atoms with van der Waals surface area (Å²) in [4.78, 5) is 14.5. The minimum Gasteiger partial charge on any atom is -0.353 e. The molecular formula is C22H25F2N2O+. The van der Waals surface area contributed by atoms with Crippen LogP contribution in [0.5, 0.6) is 0 Å². The van der Waals surface area contributed by atoms with Gasteiger partial charge in [-0.2, -0.15) is 0 Å². The van der Waals surface area contributed by atoms with E-state index in [1.165, 1.54) is 0 Å². The molecule has 1 aliphatic carbocycles. The molecule has 2 atom stereocenters. The molecule has 2 fully saturated rings. The molecule has 2 aromatic carbocycles. The average Bonchev–Trinajstić information content (AvgIpc) is 3.00. The number of halogens is 2. The van der Waals surface area contributed by atoms with Crippen molar-refractivity contribution < 1.29 is 19.3 Å². The van der Waals surface area contributed by atoms with Gasteiger partial charge in [0, 0.05) is 31.7 Å². The number of carbonyl (C=O) groups excluding carboxylic acids is 1. The first-order chi connectivity index (χ1) is 12.9. The van der Waals surface area contributed by atoms with Crippen LogP contribution in [0.2, 0.25) is 0 Å². The van der Waals surface area contributed by atoms with E-state index in [2.05, 4.69) is 36.1 Å². The SMILES string of the molecule is [NH3+][C@H]1CCN(C(=O)C2CC(F)(F)C2)C1Cc1cccc(-c2ccccc2)c1. The summed E-state index contributed by atoms with van der Waals surface area (Å²) in [5, 5.41) is 0. The Morgan fingerprint density at radius 1 is 1.07 bits per heavy atom. The highest BCUT2D eigenvalue weighted by Gasteiger charge is 2.51. The summed E-state index contributed by atoms with van der Waals surface area (Å²) in [5.74, 6) is -3.30. The standard InChI is InChI=1S/C22H24F2N2O/c23-22(24)13-18(14-22)21(27)26-10-9-19(25)20(26)12-15-5-4-8-17(11-15)16-6-2-1-3-7-16/h1-8,11,18-20H,9-10,12-14,25H2/p+1/t19-,20?/m0/s1. The highest BCUT2D eigenvalue weighted by molar-refractivity contribution is 5.80. The molecule has 0 bridgehead atoms. The molecule has 5 heteroatoms. The largest absolute Gasteiger partial charge is 0.353 e. The number of benzene rings is 2. The van der Waals surface area contributed by atoms with Gasteiger partial charge in [0.2, 0.25) is 11.8 Å². The summed E-state index contributed by atoms with van der Waals surface area (Å²) in [6.45, 7) is 0.623. The Balaban J connectivity index is 1.50. The van der Waals surface area contributed by atoms with Crippen LogP contribution in [0.15, 0.2) is 54.6 Å². The molecule has 1 saturated heterocycles. The normalized spacial score (nSPS) is 24.6. The van der Waals surface area contributed by atoms with E-state index in [-0.39, 0.29) is 30.8 Å². The quantitative estimate of drug-likeness (QED) is 0.882. The number of hydrogen-bond acceptors (Lipinski definition) is 1. The molecule has 0 spiro atoms. The predicted molar refractivity (Wildman–Crippen MR) is 100 cm³/mol. The highest BCUT2D eigenvalue weighted by atomic mass is 19.3. The molecule has 3 N–H and O–H groups in total. The maximum atomic E-state index is 13.2. The van der Waals surface area contributed by atoms with Crippen molar-refractivity contribution in [3.63, 3.8) is 0 Å². The summed E-state index contributed by atoms with van der Waals surface area (Å²) in [5.41, 5.74) is 7.66. The molecule has 1 amide bonds. The lowest BCUT2D eigenvalue weighted by molar-refractivity contribution is -0.422. The van der Waals surface area contributed by atoms with Gasteiger partial charge in [0.05, 0.1) is 6.04 Å². The number of carbonyl (C=O) groups is 1. The Morgan fingerprint density at radius 2 is 1.78 bits per heavy atom. The van der Waals surface area contributed by atoms with E-state index in [1.54, 1.807) is 0 Å². The fourth-order valence-corrected chi connectivity index (χ4v) is 4.29. The van der Waals surface area contributed by atoms with Crippen LogP contribution in [-0.4, -0.2) is 35.4 Å². The zero-order chi connectivity index (χ0) is 19.0. The van der Waals surface area contributed by atoms with Gasteiger partial charge in [-0.25, -0.2) is 8.78 Å². The number of alkyl halides is 2. The van der Waals surface area contributed by atoms with Crippen LogP contribution in [0.3, 0.4) is 0 Å². The molecule has 1 unspecified atom stereocenters. The van der Waals surface area contributed by atoms with E-state index in [4.69, 9.17) is 0 Å². The Morgan fingerprint density at radius 3 is 2.48 bits per heavy atom. The van der Waals surface area contributed by atoms with Gasteiger partial charge < -0.3 is 10.6 Å². The molecule has 3 nitrogen and oxygen atoms in total. The maximum Gasteiger partial charge on any atom is 0.249 e. The van der Waals surface area contributed by atoms with Crippen LogP contribution in [-0.2, 0) is 11.2 Å². The molecular weight excluding hydrogens is 346 g/mol. The van der Waals surface area contributed by atoms with Crippen LogP contribution < -0.4 is 5.73 Å². The zero-order valence-corrected chi connectivity index (χ0v) is 15.3. The predicted octanol–water partition coefficient (Wildman–Crippen LogP) is 3.15. The third kappa shape index (κ3) is 3.74. The van der Waals surface area contributed by atoms with Gasteiger partial charge >= 0.3 is 0 Å². The molecule has 27 heavy (non-hydrogen) atoms. The number of quaternary nitrogens is 1. The summed E-state index contributed by atoms with van der Waals surface area (Å²) in [6.07, 6.45) is 0.933. The molecule has 2 aliphatic rings. The van der Waals surface area contributed by atoms with E-state index >= 15 is 0 Å². The van der Waals surface area contributed by atoms with Gasteiger partial charge in [0.25, 0.3) is 0 Å². The number of nitrogens with zero attached hydrogens (tertiary/aromatic N) is 1. The third-order valence-electron chi connectivity index (χ3n) is 5.89. The minimum atomic E-state index is -2.66. The van der Waals surface area contributed by atoms with Crippen LogP contribution in [0.1, 0.15) is 24.8 Å². The topological polar surface area (TPSA) is 48.0 Å². The second-order valence-corrected chi connectivity index (χ2v) is 7.88. The number of hydrogen-bond donors (Lipinski definition) is 1. The van der Waals surface area contributed by atoms with Crippen molar-refractivity contribution in [1.29, 1.82) is 0 Å². The zero-order valence-electron chi connectivity index (χ0n) is 15.3. The van der Waals surface area contributed by atoms with Crippen LogP contribution in [0.4, 0.5) is 8.78 Å². The van der Waals surface area contributed by atoms with Gasteiger partial charge in [0.15, 0.2) is 0 Å². The number of rotatable bonds is 4. The smallest absolute Gasteiger partial charge is 0.249 e. The molecule has 0 aromatic heterocycles. The molecule has 2 aromatic rings. The first-order valence-corrected chi connectivity index (χ1v) is 9.59. The molecule has 142 valence electrons. The van der Waals surface area contributed by atoms with Gasteiger partial charge in [-0.05, 0) is 23.1 Å². The molecule has 1 heterocycles. The fourth-order valence-electron chi connectivity index (χ4n) is 4.29. The highest BCUT2D eigenvalue weighted by Crippen LogP contribution is 2.44. The van der Waals surface area contributed by atoms with Crippen molar-refractivity contribution in [2.24, 2.45) is 5.92 Å². The Bertz CT molecular complexity index is 816. The Labute approximate surface area is 158 Å². The summed E-state index contributed by atoms with van der Waals surface area (Å²) in [6, 6.07) is 18.6. The molecule has 0 radical (unpaired) electrons. The average molecular weight is 371 g/mol. The second-order valence-electron chi connectivity index (χ2n) is 7.88. The lowest BCUT2D eigenvalue weighted by atomic mass is 9.80. The van der Waals surface area contributed by atoms with E-state index in [0.29, 0.717) is 13.0 Å². The first kappa shape index (κ1) is 18.1. The Hall–Kier alpha value is -2.27. The van der Waals surface area contributed by atoms with Crippen molar-refractivity contribution in [1.82, 2.24) is 4.90 Å². The fraction of sp³-hybridized carbons (Fsp3) is 0.409.